The molecule has 1 saturated heterocycles. The molecule has 146 valence electrons. The van der Waals surface area contributed by atoms with Crippen LogP contribution in [0.15, 0.2) is 30.6 Å². The highest BCUT2D eigenvalue weighted by Crippen LogP contribution is 2.21. The van der Waals surface area contributed by atoms with Crippen molar-refractivity contribution in [2.45, 2.75) is 38.7 Å². The first-order valence-electron chi connectivity index (χ1n) is 9.35. The maximum absolute atomic E-state index is 12.8. The van der Waals surface area contributed by atoms with Gasteiger partial charge in [0.15, 0.2) is 5.82 Å². The molecule has 0 unspecified atom stereocenters. The van der Waals surface area contributed by atoms with Crippen LogP contribution in [0.4, 0.5) is 0 Å². The minimum absolute atomic E-state index is 0.0172. The number of ether oxygens (including phenoxy) is 1. The molecule has 0 atom stereocenters. The zero-order valence-electron chi connectivity index (χ0n) is 15.6. The average Bonchev–Trinajstić information content (AvgIpc) is 3.41. The molecule has 1 fully saturated rings. The van der Waals surface area contributed by atoms with Crippen LogP contribution in [0.25, 0.3) is 5.82 Å². The van der Waals surface area contributed by atoms with Gasteiger partial charge in [-0.15, -0.1) is 15.3 Å². The van der Waals surface area contributed by atoms with Gasteiger partial charge in [-0.05, 0) is 30.1 Å². The second kappa shape index (κ2) is 8.42. The normalized spacial score (nSPS) is 15.0. The van der Waals surface area contributed by atoms with Crippen LogP contribution in [0.5, 0.6) is 5.88 Å². The van der Waals surface area contributed by atoms with Gasteiger partial charge in [0.25, 0.3) is 5.91 Å². The van der Waals surface area contributed by atoms with E-state index >= 15 is 0 Å². The van der Waals surface area contributed by atoms with Gasteiger partial charge >= 0.3 is 0 Å². The maximum atomic E-state index is 12.8. The summed E-state index contributed by atoms with van der Waals surface area (Å²) in [5.74, 6) is 1.15. The molecule has 1 aliphatic heterocycles. The van der Waals surface area contributed by atoms with Gasteiger partial charge in [-0.2, -0.15) is 5.10 Å². The minimum atomic E-state index is 0.0172. The molecular formula is C18H21N7O2S. The predicted molar refractivity (Wildman–Crippen MR) is 103 cm³/mol. The summed E-state index contributed by atoms with van der Waals surface area (Å²) in [4.78, 5) is 15.3. The van der Waals surface area contributed by atoms with Crippen molar-refractivity contribution in [2.24, 2.45) is 0 Å². The first-order valence-corrected chi connectivity index (χ1v) is 10.1. The van der Waals surface area contributed by atoms with Crippen LogP contribution in [0.2, 0.25) is 0 Å². The lowest BCUT2D eigenvalue weighted by Gasteiger charge is -2.31. The molecule has 3 aromatic heterocycles. The van der Waals surface area contributed by atoms with Crippen LogP contribution in [-0.2, 0) is 6.42 Å². The highest BCUT2D eigenvalue weighted by Gasteiger charge is 2.27. The standard InChI is InChI=1S/C18H21N7O2S/c1-2-4-14-17(28-23-20-14)18(26)24-11-7-13(8-12-24)27-16-6-5-15(21-22-16)25-10-3-9-19-25/h3,5-6,9-10,13H,2,4,7-8,11-12H2,1H3. The van der Waals surface area contributed by atoms with Gasteiger partial charge in [-0.25, -0.2) is 4.68 Å². The molecule has 28 heavy (non-hydrogen) atoms. The van der Waals surface area contributed by atoms with Crippen molar-refractivity contribution < 1.29 is 9.53 Å². The van der Waals surface area contributed by atoms with Gasteiger partial charge < -0.3 is 9.64 Å². The number of aryl methyl sites for hydroxylation is 1. The molecule has 1 amide bonds. The Bertz CT molecular complexity index is 902. The largest absolute Gasteiger partial charge is 0.473 e. The van der Waals surface area contributed by atoms with Crippen molar-refractivity contribution in [1.82, 2.24) is 34.5 Å². The fraction of sp³-hybridized carbons (Fsp3) is 0.444. The minimum Gasteiger partial charge on any atom is -0.473 e. The molecule has 4 rings (SSSR count). The fourth-order valence-corrected chi connectivity index (χ4v) is 3.84. The molecule has 0 radical (unpaired) electrons. The quantitative estimate of drug-likeness (QED) is 0.626. The van der Waals surface area contributed by atoms with E-state index in [9.17, 15) is 4.79 Å². The number of carbonyl (C=O) groups is 1. The summed E-state index contributed by atoms with van der Waals surface area (Å²) in [5, 5.41) is 16.5. The number of amides is 1. The Hall–Kier alpha value is -2.88. The summed E-state index contributed by atoms with van der Waals surface area (Å²) >= 11 is 1.19. The molecule has 0 saturated carbocycles. The Kier molecular flexibility index (Phi) is 5.56. The molecule has 0 spiro atoms. The number of nitrogens with zero attached hydrogens (tertiary/aromatic N) is 7. The summed E-state index contributed by atoms with van der Waals surface area (Å²) in [5.41, 5.74) is 0.809. The lowest BCUT2D eigenvalue weighted by Crippen LogP contribution is -2.41. The number of carbonyl (C=O) groups excluding carboxylic acids is 1. The van der Waals surface area contributed by atoms with Crippen LogP contribution in [0.3, 0.4) is 0 Å². The topological polar surface area (TPSA) is 98.9 Å². The van der Waals surface area contributed by atoms with Gasteiger partial charge in [-0.3, -0.25) is 4.79 Å². The first kappa shape index (κ1) is 18.5. The zero-order valence-corrected chi connectivity index (χ0v) is 16.4. The SMILES string of the molecule is CCCc1nnsc1C(=O)N1CCC(Oc2ccc(-n3cccn3)nn2)CC1. The van der Waals surface area contributed by atoms with E-state index in [4.69, 9.17) is 4.74 Å². The average molecular weight is 399 g/mol. The maximum Gasteiger partial charge on any atom is 0.267 e. The third-order valence-corrected chi connectivity index (χ3v) is 5.37. The molecule has 0 aliphatic carbocycles. The van der Waals surface area contributed by atoms with Crippen LogP contribution in [0, 0.1) is 0 Å². The van der Waals surface area contributed by atoms with Crippen molar-refractivity contribution in [2.75, 3.05) is 13.1 Å². The highest BCUT2D eigenvalue weighted by atomic mass is 32.1. The predicted octanol–water partition coefficient (Wildman–Crippen LogP) is 2.15. The number of hydrogen-bond donors (Lipinski definition) is 0. The van der Waals surface area contributed by atoms with Gasteiger partial charge in [0.1, 0.15) is 11.0 Å². The van der Waals surface area contributed by atoms with Crippen molar-refractivity contribution in [3.63, 3.8) is 0 Å². The Morgan fingerprint density at radius 1 is 1.25 bits per heavy atom. The first-order chi connectivity index (χ1) is 13.7. The van der Waals surface area contributed by atoms with Crippen molar-refractivity contribution in [1.29, 1.82) is 0 Å². The summed E-state index contributed by atoms with van der Waals surface area (Å²) in [6.45, 7) is 3.36. The van der Waals surface area contributed by atoms with E-state index in [1.165, 1.54) is 11.5 Å². The number of aromatic nitrogens is 6. The second-order valence-electron chi connectivity index (χ2n) is 6.59. The molecular weight excluding hydrogens is 378 g/mol. The zero-order chi connectivity index (χ0) is 19.3. The molecule has 10 heteroatoms. The molecule has 0 bridgehead atoms. The van der Waals surface area contributed by atoms with Crippen molar-refractivity contribution in [3.8, 4) is 11.7 Å². The molecule has 0 aromatic carbocycles. The number of hydrogen-bond acceptors (Lipinski definition) is 8. The van der Waals surface area contributed by atoms with E-state index in [0.29, 0.717) is 29.7 Å². The molecule has 4 heterocycles. The van der Waals surface area contributed by atoms with E-state index < -0.39 is 0 Å². The van der Waals surface area contributed by atoms with Gasteiger partial charge in [-0.1, -0.05) is 17.8 Å². The van der Waals surface area contributed by atoms with Gasteiger partial charge in [0, 0.05) is 44.4 Å². The fourth-order valence-electron chi connectivity index (χ4n) is 3.16. The molecule has 1 aliphatic rings. The van der Waals surface area contributed by atoms with Crippen LogP contribution in [0.1, 0.15) is 41.6 Å². The molecule has 0 N–H and O–H groups in total. The molecule has 3 aromatic rings. The monoisotopic (exact) mass is 399 g/mol. The number of likely N-dealkylation sites (tertiary alicyclic amines) is 1. The number of piperidine rings is 1. The third-order valence-electron chi connectivity index (χ3n) is 4.62. The summed E-state index contributed by atoms with van der Waals surface area (Å²) in [7, 11) is 0. The van der Waals surface area contributed by atoms with Gasteiger partial charge in [0.2, 0.25) is 5.88 Å². The van der Waals surface area contributed by atoms with Crippen molar-refractivity contribution in [3.05, 3.63) is 41.2 Å². The third kappa shape index (κ3) is 4.01. The van der Waals surface area contributed by atoms with E-state index in [1.54, 1.807) is 16.9 Å². The van der Waals surface area contributed by atoms with Crippen LogP contribution < -0.4 is 4.74 Å². The second-order valence-corrected chi connectivity index (χ2v) is 7.34. The van der Waals surface area contributed by atoms with Gasteiger partial charge in [0.05, 0.1) is 5.69 Å². The summed E-state index contributed by atoms with van der Waals surface area (Å²) in [6, 6.07) is 5.44. The molecule has 9 nitrogen and oxygen atoms in total. The summed E-state index contributed by atoms with van der Waals surface area (Å²) < 4.78 is 11.5. The van der Waals surface area contributed by atoms with Crippen LogP contribution in [-0.4, -0.2) is 59.6 Å². The lowest BCUT2D eigenvalue weighted by molar-refractivity contribution is 0.0589. The summed E-state index contributed by atoms with van der Waals surface area (Å²) in [6.07, 6.45) is 6.75. The number of rotatable bonds is 6. The Labute approximate surface area is 166 Å². The van der Waals surface area contributed by atoms with E-state index in [-0.39, 0.29) is 12.0 Å². The van der Waals surface area contributed by atoms with Crippen LogP contribution >= 0.6 is 11.5 Å². The van der Waals surface area contributed by atoms with E-state index in [2.05, 4.69) is 31.8 Å². The Morgan fingerprint density at radius 3 is 2.79 bits per heavy atom. The Balaban J connectivity index is 1.31. The lowest BCUT2D eigenvalue weighted by atomic mass is 10.1. The Morgan fingerprint density at radius 2 is 2.11 bits per heavy atom. The van der Waals surface area contributed by atoms with E-state index in [1.807, 2.05) is 23.2 Å². The van der Waals surface area contributed by atoms with Crippen molar-refractivity contribution >= 4 is 17.4 Å². The smallest absolute Gasteiger partial charge is 0.267 e. The van der Waals surface area contributed by atoms with E-state index in [0.717, 1.165) is 31.4 Å². The highest BCUT2D eigenvalue weighted by molar-refractivity contribution is 7.08.